The summed E-state index contributed by atoms with van der Waals surface area (Å²) in [5, 5.41) is 5.62. The van der Waals surface area contributed by atoms with Gasteiger partial charge in [0.2, 0.25) is 11.8 Å². The number of rotatable bonds is 5. The van der Waals surface area contributed by atoms with Gasteiger partial charge in [0.25, 0.3) is 0 Å². The van der Waals surface area contributed by atoms with Crippen LogP contribution in [0.15, 0.2) is 63.9 Å². The number of hydrogen-bond donors (Lipinski definition) is 2. The van der Waals surface area contributed by atoms with Gasteiger partial charge in [-0.25, -0.2) is 4.39 Å². The molecule has 28 heavy (non-hydrogen) atoms. The van der Waals surface area contributed by atoms with Crippen molar-refractivity contribution in [1.82, 2.24) is 0 Å². The lowest BCUT2D eigenvalue weighted by Gasteiger charge is -2.17. The molecule has 0 bridgehead atoms. The Bertz CT molecular complexity index is 1050. The number of furan rings is 1. The molecular formula is C21H17FN2O3S. The molecule has 0 fully saturated rings. The molecule has 1 aliphatic rings. The van der Waals surface area contributed by atoms with Crippen LogP contribution in [0, 0.1) is 5.82 Å². The number of nitrogens with one attached hydrogen (secondary N) is 2. The average molecular weight is 396 g/mol. The molecule has 0 spiro atoms. The van der Waals surface area contributed by atoms with Gasteiger partial charge in [-0.05, 0) is 42.5 Å². The first-order chi connectivity index (χ1) is 13.6. The van der Waals surface area contributed by atoms with Gasteiger partial charge in [-0.2, -0.15) is 0 Å². The Morgan fingerprint density at radius 3 is 2.89 bits per heavy atom. The summed E-state index contributed by atoms with van der Waals surface area (Å²) in [6.07, 6.45) is 0.625. The van der Waals surface area contributed by atoms with E-state index in [1.807, 2.05) is 12.1 Å². The lowest BCUT2D eigenvalue weighted by Crippen LogP contribution is -2.19. The van der Waals surface area contributed by atoms with Gasteiger partial charge in [0.15, 0.2) is 0 Å². The molecule has 0 unspecified atom stereocenters. The van der Waals surface area contributed by atoms with Crippen molar-refractivity contribution in [3.05, 3.63) is 66.2 Å². The lowest BCUT2D eigenvalue weighted by molar-refractivity contribution is -0.116. The summed E-state index contributed by atoms with van der Waals surface area (Å²) < 4.78 is 19.5. The Labute approximate surface area is 165 Å². The van der Waals surface area contributed by atoms with Crippen LogP contribution >= 0.6 is 11.8 Å². The van der Waals surface area contributed by atoms with E-state index in [-0.39, 0.29) is 24.1 Å². The number of hydrogen-bond acceptors (Lipinski definition) is 4. The predicted molar refractivity (Wildman–Crippen MR) is 107 cm³/mol. The molecule has 0 saturated heterocycles. The minimum Gasteiger partial charge on any atom is -0.461 e. The average Bonchev–Trinajstić information content (AvgIpc) is 3.15. The van der Waals surface area contributed by atoms with Crippen molar-refractivity contribution < 1.29 is 18.4 Å². The minimum absolute atomic E-state index is 0.0514. The summed E-state index contributed by atoms with van der Waals surface area (Å²) >= 11 is 1.47. The van der Waals surface area contributed by atoms with Gasteiger partial charge in [-0.1, -0.05) is 12.1 Å². The van der Waals surface area contributed by atoms with Crippen molar-refractivity contribution in [2.75, 3.05) is 16.4 Å². The van der Waals surface area contributed by atoms with Crippen LogP contribution in [-0.4, -0.2) is 17.6 Å². The summed E-state index contributed by atoms with van der Waals surface area (Å²) in [7, 11) is 0. The molecule has 0 aliphatic carbocycles. The molecule has 2 heterocycles. The smallest absolute Gasteiger partial charge is 0.234 e. The first kappa shape index (κ1) is 18.3. The number of benzene rings is 2. The maximum Gasteiger partial charge on any atom is 0.234 e. The molecule has 2 N–H and O–H groups in total. The minimum atomic E-state index is -0.348. The van der Waals surface area contributed by atoms with E-state index in [4.69, 9.17) is 4.42 Å². The fraction of sp³-hybridized carbons (Fsp3) is 0.143. The van der Waals surface area contributed by atoms with Crippen molar-refractivity contribution in [1.29, 1.82) is 0 Å². The Hall–Kier alpha value is -3.06. The van der Waals surface area contributed by atoms with E-state index in [9.17, 15) is 14.0 Å². The maximum atomic E-state index is 13.8. The second-order valence-corrected chi connectivity index (χ2v) is 7.36. The fourth-order valence-electron chi connectivity index (χ4n) is 2.94. The Kier molecular flexibility index (Phi) is 5.16. The summed E-state index contributed by atoms with van der Waals surface area (Å²) in [5.41, 5.74) is 1.73. The van der Waals surface area contributed by atoms with E-state index in [0.29, 0.717) is 40.6 Å². The van der Waals surface area contributed by atoms with Crippen LogP contribution in [0.4, 0.5) is 15.8 Å². The molecule has 142 valence electrons. The van der Waals surface area contributed by atoms with Crippen molar-refractivity contribution >= 4 is 35.0 Å². The van der Waals surface area contributed by atoms with E-state index in [2.05, 4.69) is 10.6 Å². The highest BCUT2D eigenvalue weighted by Gasteiger charge is 2.16. The van der Waals surface area contributed by atoms with Crippen LogP contribution in [0.25, 0.3) is 11.3 Å². The van der Waals surface area contributed by atoms with Gasteiger partial charge in [-0.15, -0.1) is 11.8 Å². The first-order valence-corrected chi connectivity index (χ1v) is 9.77. The van der Waals surface area contributed by atoms with Crippen molar-refractivity contribution in [3.63, 3.8) is 0 Å². The summed E-state index contributed by atoms with van der Waals surface area (Å²) in [5.74, 6) is 0.886. The Morgan fingerprint density at radius 2 is 2.04 bits per heavy atom. The second-order valence-electron chi connectivity index (χ2n) is 6.34. The number of anilines is 2. The molecule has 7 heteroatoms. The number of carbonyl (C=O) groups excluding carboxylic acids is 2. The van der Waals surface area contributed by atoms with Crippen LogP contribution < -0.4 is 10.6 Å². The second kappa shape index (κ2) is 7.90. The highest BCUT2D eigenvalue weighted by atomic mass is 32.2. The number of fused-ring (bicyclic) bond motifs is 1. The number of aryl methyl sites for hydroxylation is 1. The lowest BCUT2D eigenvalue weighted by atomic mass is 10.1. The zero-order valence-electron chi connectivity index (χ0n) is 14.8. The fourth-order valence-corrected chi connectivity index (χ4v) is 3.73. The largest absolute Gasteiger partial charge is 0.461 e. The predicted octanol–water partition coefficient (Wildman–Crippen LogP) is 4.70. The third kappa shape index (κ3) is 4.09. The molecule has 2 aromatic carbocycles. The van der Waals surface area contributed by atoms with Gasteiger partial charge in [0.05, 0.1) is 17.0 Å². The third-order valence-corrected chi connectivity index (χ3v) is 5.37. The number of thioether (sulfide) groups is 1. The van der Waals surface area contributed by atoms with Gasteiger partial charge in [0.1, 0.15) is 17.3 Å². The Morgan fingerprint density at radius 1 is 1.18 bits per heavy atom. The van der Waals surface area contributed by atoms with E-state index in [0.717, 1.165) is 4.90 Å². The highest BCUT2D eigenvalue weighted by molar-refractivity contribution is 8.00. The Balaban J connectivity index is 1.36. The summed E-state index contributed by atoms with van der Waals surface area (Å²) in [6, 6.07) is 15.3. The van der Waals surface area contributed by atoms with Crippen LogP contribution in [0.5, 0.6) is 0 Å². The topological polar surface area (TPSA) is 71.3 Å². The SMILES string of the molecule is O=C(CCc1ccc(-c2ccccc2F)o1)Nc1ccc2c(c1)NC(=O)CS2. The quantitative estimate of drug-likeness (QED) is 0.656. The van der Waals surface area contributed by atoms with Gasteiger partial charge >= 0.3 is 0 Å². The zero-order chi connectivity index (χ0) is 19.5. The normalized spacial score (nSPS) is 13.0. The van der Waals surface area contributed by atoms with Crippen LogP contribution in [-0.2, 0) is 16.0 Å². The standard InChI is InChI=1S/C21H17FN2O3S/c22-16-4-2-1-3-15(16)18-8-6-14(27-18)7-10-20(25)23-13-5-9-19-17(11-13)24-21(26)12-28-19/h1-6,8-9,11H,7,10,12H2,(H,23,25)(H,24,26). The molecule has 3 aromatic rings. The molecule has 1 aromatic heterocycles. The maximum absolute atomic E-state index is 13.8. The summed E-state index contributed by atoms with van der Waals surface area (Å²) in [6.45, 7) is 0. The van der Waals surface area contributed by atoms with Gasteiger partial charge in [0, 0.05) is 23.4 Å². The van der Waals surface area contributed by atoms with Crippen LogP contribution in [0.3, 0.4) is 0 Å². The van der Waals surface area contributed by atoms with E-state index in [1.54, 1.807) is 36.4 Å². The molecule has 4 rings (SSSR count). The molecule has 1 aliphatic heterocycles. The van der Waals surface area contributed by atoms with Gasteiger partial charge in [-0.3, -0.25) is 9.59 Å². The molecule has 0 radical (unpaired) electrons. The molecule has 0 atom stereocenters. The number of amides is 2. The third-order valence-electron chi connectivity index (χ3n) is 4.30. The van der Waals surface area contributed by atoms with Crippen molar-refractivity contribution in [2.45, 2.75) is 17.7 Å². The van der Waals surface area contributed by atoms with Crippen LogP contribution in [0.2, 0.25) is 0 Å². The van der Waals surface area contributed by atoms with Crippen molar-refractivity contribution in [2.24, 2.45) is 0 Å². The highest BCUT2D eigenvalue weighted by Crippen LogP contribution is 2.33. The molecule has 0 saturated carbocycles. The molecule has 5 nitrogen and oxygen atoms in total. The molecule has 2 amide bonds. The van der Waals surface area contributed by atoms with E-state index >= 15 is 0 Å². The van der Waals surface area contributed by atoms with Crippen LogP contribution in [0.1, 0.15) is 12.2 Å². The van der Waals surface area contributed by atoms with E-state index in [1.165, 1.54) is 17.8 Å². The monoisotopic (exact) mass is 396 g/mol. The van der Waals surface area contributed by atoms with E-state index < -0.39 is 0 Å². The number of halogens is 1. The molecular weight excluding hydrogens is 379 g/mol. The first-order valence-electron chi connectivity index (χ1n) is 8.79. The number of carbonyl (C=O) groups is 2. The van der Waals surface area contributed by atoms with Gasteiger partial charge < -0.3 is 15.1 Å². The van der Waals surface area contributed by atoms with Crippen molar-refractivity contribution in [3.8, 4) is 11.3 Å². The summed E-state index contributed by atoms with van der Waals surface area (Å²) in [4.78, 5) is 24.7. The zero-order valence-corrected chi connectivity index (χ0v) is 15.6.